The summed E-state index contributed by atoms with van der Waals surface area (Å²) in [6.07, 6.45) is 7.70. The van der Waals surface area contributed by atoms with Crippen molar-refractivity contribution in [2.75, 3.05) is 18.0 Å². The molecule has 3 heterocycles. The highest BCUT2D eigenvalue weighted by molar-refractivity contribution is 6.99. The summed E-state index contributed by atoms with van der Waals surface area (Å²) >= 11 is 1.15. The zero-order chi connectivity index (χ0) is 14.7. The smallest absolute Gasteiger partial charge is 0.225 e. The lowest BCUT2D eigenvalue weighted by Gasteiger charge is -2.26. The summed E-state index contributed by atoms with van der Waals surface area (Å²) in [6, 6.07) is 0. The molecule has 0 unspecified atom stereocenters. The largest absolute Gasteiger partial charge is 0.390 e. The van der Waals surface area contributed by atoms with E-state index in [1.54, 1.807) is 0 Å². The highest BCUT2D eigenvalue weighted by atomic mass is 32.1. The number of nitrogens with zero attached hydrogens (tertiary/aromatic N) is 5. The average molecular weight is 303 g/mol. The van der Waals surface area contributed by atoms with Gasteiger partial charge in [0.1, 0.15) is 11.4 Å². The zero-order valence-electron chi connectivity index (χ0n) is 11.9. The number of aliphatic hydroxyl groups excluding tert-OH is 1. The van der Waals surface area contributed by atoms with Crippen molar-refractivity contribution in [1.29, 1.82) is 0 Å². The maximum atomic E-state index is 9.26. The van der Waals surface area contributed by atoms with Crippen LogP contribution in [0, 0.1) is 0 Å². The van der Waals surface area contributed by atoms with Crippen molar-refractivity contribution in [3.05, 3.63) is 35.4 Å². The lowest BCUT2D eigenvalue weighted by Crippen LogP contribution is -2.30. The molecule has 0 saturated carbocycles. The molecule has 0 amide bonds. The SMILES string of the molecule is CCc1cnc(N2CC=C(c3nsnc3CO)CC2)nc1. The topological polar surface area (TPSA) is 75.0 Å². The summed E-state index contributed by atoms with van der Waals surface area (Å²) in [6.45, 7) is 3.63. The molecule has 0 saturated heterocycles. The number of hydrogen-bond acceptors (Lipinski definition) is 7. The molecule has 7 heteroatoms. The lowest BCUT2D eigenvalue weighted by molar-refractivity contribution is 0.277. The van der Waals surface area contributed by atoms with Crippen molar-refractivity contribution in [2.45, 2.75) is 26.4 Å². The van der Waals surface area contributed by atoms with Crippen LogP contribution in [0.5, 0.6) is 0 Å². The number of hydrogen-bond donors (Lipinski definition) is 1. The molecule has 0 bridgehead atoms. The summed E-state index contributed by atoms with van der Waals surface area (Å²) in [5, 5.41) is 9.26. The second-order valence-corrected chi connectivity index (χ2v) is 5.42. The first-order chi connectivity index (χ1) is 10.3. The van der Waals surface area contributed by atoms with Gasteiger partial charge in [-0.2, -0.15) is 8.75 Å². The molecule has 0 aromatic carbocycles. The van der Waals surface area contributed by atoms with Gasteiger partial charge in [-0.1, -0.05) is 13.0 Å². The molecule has 2 aromatic rings. The van der Waals surface area contributed by atoms with E-state index in [9.17, 15) is 5.11 Å². The van der Waals surface area contributed by atoms with E-state index in [1.807, 2.05) is 12.4 Å². The van der Waals surface area contributed by atoms with Gasteiger partial charge in [0.15, 0.2) is 0 Å². The average Bonchev–Trinajstić information content (AvgIpc) is 3.04. The minimum Gasteiger partial charge on any atom is -0.390 e. The predicted molar refractivity (Wildman–Crippen MR) is 82.0 cm³/mol. The molecule has 6 nitrogen and oxygen atoms in total. The Morgan fingerprint density at radius 1 is 1.29 bits per heavy atom. The Hall–Kier alpha value is -1.86. The Morgan fingerprint density at radius 3 is 2.71 bits per heavy atom. The first kappa shape index (κ1) is 14.1. The molecule has 21 heavy (non-hydrogen) atoms. The van der Waals surface area contributed by atoms with Crippen molar-refractivity contribution >= 4 is 23.2 Å². The molecule has 1 aliphatic rings. The Labute approximate surface area is 127 Å². The fourth-order valence-electron chi connectivity index (χ4n) is 2.31. The minimum atomic E-state index is -0.0610. The van der Waals surface area contributed by atoms with Crippen LogP contribution in [0.25, 0.3) is 5.57 Å². The quantitative estimate of drug-likeness (QED) is 0.926. The van der Waals surface area contributed by atoms with Gasteiger partial charge < -0.3 is 10.0 Å². The second-order valence-electron chi connectivity index (χ2n) is 4.89. The highest BCUT2D eigenvalue weighted by Crippen LogP contribution is 2.25. The normalized spacial score (nSPS) is 15.1. The Balaban J connectivity index is 1.74. The van der Waals surface area contributed by atoms with Gasteiger partial charge in [-0.25, -0.2) is 9.97 Å². The molecular formula is C14H17N5OS. The van der Waals surface area contributed by atoms with Crippen LogP contribution < -0.4 is 4.90 Å². The van der Waals surface area contributed by atoms with Gasteiger partial charge >= 0.3 is 0 Å². The molecule has 2 aromatic heterocycles. The van der Waals surface area contributed by atoms with E-state index in [1.165, 1.54) is 0 Å². The molecule has 3 rings (SSSR count). The van der Waals surface area contributed by atoms with E-state index < -0.39 is 0 Å². The Bertz CT molecular complexity index is 637. The third kappa shape index (κ3) is 2.93. The van der Waals surface area contributed by atoms with E-state index >= 15 is 0 Å². The van der Waals surface area contributed by atoms with Crippen LogP contribution in [0.1, 0.15) is 30.3 Å². The summed E-state index contributed by atoms with van der Waals surface area (Å²) < 4.78 is 8.39. The van der Waals surface area contributed by atoms with Gasteiger partial charge in [0, 0.05) is 25.5 Å². The van der Waals surface area contributed by atoms with E-state index in [0.29, 0.717) is 5.69 Å². The summed E-state index contributed by atoms with van der Waals surface area (Å²) in [5.41, 5.74) is 3.80. The van der Waals surface area contributed by atoms with Crippen molar-refractivity contribution in [1.82, 2.24) is 18.7 Å². The Morgan fingerprint density at radius 2 is 2.10 bits per heavy atom. The number of aromatic nitrogens is 4. The van der Waals surface area contributed by atoms with Gasteiger partial charge in [0.25, 0.3) is 0 Å². The number of aliphatic hydroxyl groups is 1. The summed E-state index contributed by atoms with van der Waals surface area (Å²) in [4.78, 5) is 11.0. The van der Waals surface area contributed by atoms with Crippen molar-refractivity contribution < 1.29 is 5.11 Å². The van der Waals surface area contributed by atoms with Crippen LogP contribution >= 0.6 is 11.7 Å². The summed E-state index contributed by atoms with van der Waals surface area (Å²) in [7, 11) is 0. The van der Waals surface area contributed by atoms with Gasteiger partial charge in [-0.05, 0) is 24.0 Å². The lowest BCUT2D eigenvalue weighted by atomic mass is 10.0. The molecule has 1 aliphatic heterocycles. The maximum Gasteiger partial charge on any atom is 0.225 e. The minimum absolute atomic E-state index is 0.0610. The molecule has 110 valence electrons. The molecular weight excluding hydrogens is 286 g/mol. The maximum absolute atomic E-state index is 9.26. The van der Waals surface area contributed by atoms with Gasteiger partial charge in [0.05, 0.1) is 18.3 Å². The molecule has 0 aliphatic carbocycles. The first-order valence-corrected chi connectivity index (χ1v) is 7.72. The van der Waals surface area contributed by atoms with Crippen molar-refractivity contribution in [2.24, 2.45) is 0 Å². The van der Waals surface area contributed by atoms with Gasteiger partial charge in [-0.15, -0.1) is 0 Å². The van der Waals surface area contributed by atoms with Crippen LogP contribution in [-0.2, 0) is 13.0 Å². The van der Waals surface area contributed by atoms with E-state index in [0.717, 1.165) is 60.4 Å². The van der Waals surface area contributed by atoms with E-state index in [-0.39, 0.29) is 6.61 Å². The van der Waals surface area contributed by atoms with Crippen molar-refractivity contribution in [3.8, 4) is 0 Å². The third-order valence-electron chi connectivity index (χ3n) is 3.60. The van der Waals surface area contributed by atoms with Gasteiger partial charge in [0.2, 0.25) is 5.95 Å². The number of anilines is 1. The molecule has 0 fully saturated rings. The molecule has 0 spiro atoms. The van der Waals surface area contributed by atoms with Crippen LogP contribution in [0.3, 0.4) is 0 Å². The number of rotatable bonds is 4. The first-order valence-electron chi connectivity index (χ1n) is 6.99. The second kappa shape index (κ2) is 6.28. The molecule has 0 radical (unpaired) electrons. The van der Waals surface area contributed by atoms with Crippen molar-refractivity contribution in [3.63, 3.8) is 0 Å². The highest BCUT2D eigenvalue weighted by Gasteiger charge is 2.19. The van der Waals surface area contributed by atoms with Gasteiger partial charge in [-0.3, -0.25) is 0 Å². The van der Waals surface area contributed by atoms with Crippen LogP contribution in [0.2, 0.25) is 0 Å². The fraction of sp³-hybridized carbons (Fsp3) is 0.429. The van der Waals surface area contributed by atoms with E-state index in [4.69, 9.17) is 0 Å². The van der Waals surface area contributed by atoms with Crippen LogP contribution in [0.4, 0.5) is 5.95 Å². The fourth-order valence-corrected chi connectivity index (χ4v) is 2.90. The van der Waals surface area contributed by atoms with E-state index in [2.05, 4.69) is 36.6 Å². The zero-order valence-corrected chi connectivity index (χ0v) is 12.7. The van der Waals surface area contributed by atoms with Crippen LogP contribution in [0.15, 0.2) is 18.5 Å². The molecule has 1 N–H and O–H groups in total. The summed E-state index contributed by atoms with van der Waals surface area (Å²) in [5.74, 6) is 0.765. The van der Waals surface area contributed by atoms with Crippen LogP contribution in [-0.4, -0.2) is 36.9 Å². The standard InChI is InChI=1S/C14H17N5OS/c1-2-10-7-15-14(16-8-10)19-5-3-11(4-6-19)13-12(9-20)17-21-18-13/h3,7-8,20H,2,4-6,9H2,1H3. The third-order valence-corrected chi connectivity index (χ3v) is 4.17. The predicted octanol–water partition coefficient (Wildman–Crippen LogP) is 1.68. The molecule has 0 atom stereocenters. The Kier molecular flexibility index (Phi) is 4.21. The monoisotopic (exact) mass is 303 g/mol. The number of aryl methyl sites for hydroxylation is 1.